The first-order chi connectivity index (χ1) is 23.2. The smallest absolute Gasteiger partial charge is 0.340 e. The molecule has 1 radical (unpaired) electrons. The van der Waals surface area contributed by atoms with Crippen LogP contribution in [0.1, 0.15) is 52.6 Å². The van der Waals surface area contributed by atoms with Gasteiger partial charge < -0.3 is 41.3 Å². The average molecular weight is 754 g/mol. The normalized spacial score (nSPS) is 11.4. The summed E-state index contributed by atoms with van der Waals surface area (Å²) in [5.41, 5.74) is -4.96. The van der Waals surface area contributed by atoms with Crippen molar-refractivity contribution in [1.29, 1.82) is 0 Å². The van der Waals surface area contributed by atoms with Gasteiger partial charge in [0.1, 0.15) is 43.9 Å². The third kappa shape index (κ3) is 8.82. The molecule has 0 aliphatic rings. The van der Waals surface area contributed by atoms with E-state index in [0.29, 0.717) is 0 Å². The van der Waals surface area contributed by atoms with Crippen LogP contribution in [0.15, 0.2) is 70.5 Å². The Labute approximate surface area is 308 Å². The molecule has 4 rings (SSSR count). The molecule has 0 bridgehead atoms. The van der Waals surface area contributed by atoms with Crippen LogP contribution in [-0.2, 0) is 20.2 Å². The molecule has 0 atom stereocenters. The number of anilines is 2. The second-order valence-corrected chi connectivity index (χ2v) is 12.8. The number of carboxylic acids is 2. The number of phenols is 4. The van der Waals surface area contributed by atoms with Gasteiger partial charge in [-0.2, -0.15) is 16.8 Å². The van der Waals surface area contributed by atoms with Crippen LogP contribution in [0.5, 0.6) is 23.0 Å². The summed E-state index contributed by atoms with van der Waals surface area (Å²) < 4.78 is 68.6. The van der Waals surface area contributed by atoms with E-state index < -0.39 is 99.0 Å². The molecule has 0 aromatic heterocycles. The van der Waals surface area contributed by atoms with Crippen molar-refractivity contribution in [2.24, 2.45) is 0 Å². The largest absolute Gasteiger partial charge is 0.507 e. The van der Waals surface area contributed by atoms with Crippen LogP contribution < -0.4 is 10.6 Å². The Morgan fingerprint density at radius 1 is 0.510 bits per heavy atom. The summed E-state index contributed by atoms with van der Waals surface area (Å²) in [6.45, 7) is 0. The van der Waals surface area contributed by atoms with E-state index in [9.17, 15) is 75.8 Å². The number of carbonyl (C=O) groups is 4. The van der Waals surface area contributed by atoms with Crippen molar-refractivity contribution in [3.8, 4) is 23.0 Å². The second-order valence-electron chi connectivity index (χ2n) is 10.0. The van der Waals surface area contributed by atoms with E-state index >= 15 is 0 Å². The predicted molar refractivity (Wildman–Crippen MR) is 177 cm³/mol. The summed E-state index contributed by atoms with van der Waals surface area (Å²) in [5.74, 6) is -9.52. The van der Waals surface area contributed by atoms with Gasteiger partial charge in [0.05, 0.1) is 11.1 Å². The summed E-state index contributed by atoms with van der Waals surface area (Å²) in [4.78, 5) is 47.1. The standard InChI is InChI=1S/C30H22N2O16S2.Na/c33-17-7-9-19(35)25(29(39)40)23(17)27(37)31-15-5-3-13(21(11-15)49(43,44)45)1-2-14-4-6-16(12-22(14)50(46,47)48)32-28(38)24-18(34)8-10-20(36)26(24)30(41)42;/h1-12,33-36H,(H,31,37)(H,32,38)(H,39,40)(H,41,42)(H,43,44,45)(H,46,47,48);/b2-1+;. The topological polar surface area (TPSA) is 322 Å². The fourth-order valence-electron chi connectivity index (χ4n) is 4.57. The molecule has 0 saturated heterocycles. The number of aromatic hydroxyl groups is 4. The maximum absolute atomic E-state index is 12.8. The van der Waals surface area contributed by atoms with Gasteiger partial charge in [-0.05, 0) is 59.7 Å². The van der Waals surface area contributed by atoms with Crippen LogP contribution in [-0.4, -0.2) is 110 Å². The number of phenolic OH excluding ortho intramolecular Hbond substituents is 2. The minimum absolute atomic E-state index is 0. The number of aromatic carboxylic acids is 2. The van der Waals surface area contributed by atoms with E-state index in [1.807, 2.05) is 0 Å². The van der Waals surface area contributed by atoms with Gasteiger partial charge in [-0.15, -0.1) is 0 Å². The van der Waals surface area contributed by atoms with Crippen molar-refractivity contribution >= 4 is 97.1 Å². The van der Waals surface area contributed by atoms with E-state index in [0.717, 1.165) is 72.8 Å². The molecular weight excluding hydrogens is 731 g/mol. The number of rotatable bonds is 10. The van der Waals surface area contributed by atoms with Gasteiger partial charge in [0.25, 0.3) is 32.1 Å². The van der Waals surface area contributed by atoms with Crippen molar-refractivity contribution in [1.82, 2.24) is 0 Å². The number of amides is 2. The first-order valence-corrected chi connectivity index (χ1v) is 16.2. The van der Waals surface area contributed by atoms with E-state index in [1.165, 1.54) is 0 Å². The molecule has 0 fully saturated rings. The number of carboxylic acid groups (broad SMARTS) is 2. The number of benzene rings is 4. The Kier molecular flexibility index (Phi) is 11.9. The number of carbonyl (C=O) groups excluding carboxylic acids is 2. The number of hydrogen-bond donors (Lipinski definition) is 10. The first-order valence-electron chi connectivity index (χ1n) is 13.3. The quantitative estimate of drug-likeness (QED) is 0.0481. The SMILES string of the molecule is O=C(O)c1c(O)ccc(O)c1C(=O)Nc1ccc(/C=C/c2ccc(NC(=O)c3c(O)ccc(O)c3C(=O)O)cc2S(=O)(=O)O)c(S(=O)(=O)O)c1.[Na]. The van der Waals surface area contributed by atoms with Gasteiger partial charge in [-0.3, -0.25) is 18.7 Å². The van der Waals surface area contributed by atoms with Crippen molar-refractivity contribution in [2.45, 2.75) is 9.79 Å². The zero-order valence-corrected chi connectivity index (χ0v) is 29.2. The summed E-state index contributed by atoms with van der Waals surface area (Å²) in [6, 6.07) is 9.00. The molecule has 10 N–H and O–H groups in total. The summed E-state index contributed by atoms with van der Waals surface area (Å²) in [7, 11) is -10.2. The first kappa shape index (κ1) is 40.0. The second kappa shape index (κ2) is 15.2. The molecule has 0 aliphatic carbocycles. The molecule has 0 heterocycles. The van der Waals surface area contributed by atoms with Gasteiger partial charge in [-0.1, -0.05) is 24.3 Å². The zero-order valence-electron chi connectivity index (χ0n) is 25.6. The minimum Gasteiger partial charge on any atom is -0.507 e. The van der Waals surface area contributed by atoms with E-state index in [4.69, 9.17) is 0 Å². The molecule has 21 heteroatoms. The average Bonchev–Trinajstić information content (AvgIpc) is 3.01. The maximum atomic E-state index is 12.8. The van der Waals surface area contributed by atoms with Crippen LogP contribution in [0.4, 0.5) is 11.4 Å². The van der Waals surface area contributed by atoms with Crippen LogP contribution in [0, 0.1) is 0 Å². The Balaban J connectivity index is 0.00000702. The fourth-order valence-corrected chi connectivity index (χ4v) is 5.99. The molecule has 0 spiro atoms. The molecule has 51 heavy (non-hydrogen) atoms. The molecule has 4 aromatic carbocycles. The molecule has 261 valence electrons. The number of nitrogens with one attached hydrogen (secondary N) is 2. The van der Waals surface area contributed by atoms with Crippen molar-refractivity contribution in [3.05, 3.63) is 94.0 Å². The Morgan fingerprint density at radius 3 is 1.08 bits per heavy atom. The molecule has 0 aliphatic heterocycles. The minimum atomic E-state index is -5.08. The van der Waals surface area contributed by atoms with Gasteiger partial charge in [0.2, 0.25) is 0 Å². The van der Waals surface area contributed by atoms with Crippen molar-refractivity contribution in [3.63, 3.8) is 0 Å². The van der Waals surface area contributed by atoms with Crippen LogP contribution in [0.2, 0.25) is 0 Å². The molecule has 4 aromatic rings. The summed E-state index contributed by atoms with van der Waals surface area (Å²) >= 11 is 0. The predicted octanol–water partition coefficient (Wildman–Crippen LogP) is 2.69. The Hall–Kier alpha value is -5.48. The Morgan fingerprint density at radius 2 is 0.804 bits per heavy atom. The summed E-state index contributed by atoms with van der Waals surface area (Å²) in [5, 5.41) is 62.8. The van der Waals surface area contributed by atoms with Gasteiger partial charge in [0, 0.05) is 40.9 Å². The van der Waals surface area contributed by atoms with E-state index in [2.05, 4.69) is 10.6 Å². The van der Waals surface area contributed by atoms with Crippen molar-refractivity contribution in [2.75, 3.05) is 10.6 Å². The monoisotopic (exact) mass is 753 g/mol. The number of hydrogen-bond acceptors (Lipinski definition) is 12. The molecule has 18 nitrogen and oxygen atoms in total. The molecular formula is C30H22N2NaO16S2. The van der Waals surface area contributed by atoms with Gasteiger partial charge in [-0.25, -0.2) is 9.59 Å². The van der Waals surface area contributed by atoms with Gasteiger partial charge in [0.15, 0.2) is 0 Å². The van der Waals surface area contributed by atoms with E-state index in [1.54, 1.807) is 0 Å². The zero-order chi connectivity index (χ0) is 37.3. The molecule has 0 unspecified atom stereocenters. The fraction of sp³-hybridized carbons (Fsp3) is 0. The molecule has 0 saturated carbocycles. The van der Waals surface area contributed by atoms with E-state index in [-0.39, 0.29) is 52.1 Å². The van der Waals surface area contributed by atoms with Crippen LogP contribution >= 0.6 is 0 Å². The molecule has 2 amide bonds. The maximum Gasteiger partial charge on any atom is 0.340 e. The van der Waals surface area contributed by atoms with Crippen molar-refractivity contribution < 1.29 is 75.8 Å². The third-order valence-corrected chi connectivity index (χ3v) is 8.56. The third-order valence-electron chi connectivity index (χ3n) is 6.75. The van der Waals surface area contributed by atoms with Crippen LogP contribution in [0.25, 0.3) is 12.2 Å². The Bertz CT molecular complexity index is 2210. The van der Waals surface area contributed by atoms with Gasteiger partial charge >= 0.3 is 11.9 Å². The van der Waals surface area contributed by atoms with Crippen LogP contribution in [0.3, 0.4) is 0 Å². The summed E-state index contributed by atoms with van der Waals surface area (Å²) in [6.07, 6.45) is 1.95.